The van der Waals surface area contributed by atoms with Gasteiger partial charge in [-0.05, 0) is 25.7 Å². The van der Waals surface area contributed by atoms with Crippen LogP contribution in [0.5, 0.6) is 0 Å². The number of primary amides is 1. The molecule has 1 rings (SSSR count). The maximum Gasteiger partial charge on any atom is 0.325 e. The topological polar surface area (TPSA) is 185 Å². The Balaban J connectivity index is 2.89. The predicted molar refractivity (Wildman–Crippen MR) is 103 cm³/mol. The Morgan fingerprint density at radius 2 is 1.79 bits per heavy atom. The number of carboxylic acids is 1. The third kappa shape index (κ3) is 6.70. The Morgan fingerprint density at radius 3 is 2.31 bits per heavy atom. The minimum Gasteiger partial charge on any atom is -0.480 e. The summed E-state index contributed by atoms with van der Waals surface area (Å²) >= 11 is 0. The second kappa shape index (κ2) is 10.7. The molecule has 7 N–H and O–H groups in total. The van der Waals surface area contributed by atoms with Crippen molar-refractivity contribution in [1.29, 1.82) is 0 Å². The molecule has 11 nitrogen and oxygen atoms in total. The van der Waals surface area contributed by atoms with Crippen LogP contribution in [0.15, 0.2) is 0 Å². The number of aliphatic carboxylic acids is 1. The highest BCUT2D eigenvalue weighted by Crippen LogP contribution is 2.20. The molecule has 0 spiro atoms. The van der Waals surface area contributed by atoms with Crippen LogP contribution >= 0.6 is 0 Å². The SMILES string of the molecule is CCC(C)C(N)C(=O)N1CCCC1C(=O)NC(CC(N)=O)C(=O)NC(C)C(=O)O. The van der Waals surface area contributed by atoms with Crippen molar-refractivity contribution in [1.82, 2.24) is 15.5 Å². The van der Waals surface area contributed by atoms with Gasteiger partial charge in [0.2, 0.25) is 23.6 Å². The van der Waals surface area contributed by atoms with Crippen LogP contribution in [0.2, 0.25) is 0 Å². The second-order valence-electron chi connectivity index (χ2n) is 7.40. The van der Waals surface area contributed by atoms with Gasteiger partial charge >= 0.3 is 5.97 Å². The van der Waals surface area contributed by atoms with Crippen LogP contribution in [0.25, 0.3) is 0 Å². The minimum atomic E-state index is -1.34. The predicted octanol–water partition coefficient (Wildman–Crippen LogP) is -1.70. The van der Waals surface area contributed by atoms with Gasteiger partial charge in [0.1, 0.15) is 18.1 Å². The number of carboxylic acid groups (broad SMARTS) is 1. The number of amides is 4. The summed E-state index contributed by atoms with van der Waals surface area (Å²) in [6.45, 7) is 5.38. The van der Waals surface area contributed by atoms with Gasteiger partial charge in [0.15, 0.2) is 0 Å². The molecule has 29 heavy (non-hydrogen) atoms. The second-order valence-corrected chi connectivity index (χ2v) is 7.40. The van der Waals surface area contributed by atoms with E-state index in [1.807, 2.05) is 13.8 Å². The lowest BCUT2D eigenvalue weighted by molar-refractivity contribution is -0.143. The third-order valence-corrected chi connectivity index (χ3v) is 5.15. The number of likely N-dealkylation sites (tertiary alicyclic amines) is 1. The van der Waals surface area contributed by atoms with Gasteiger partial charge in [0.05, 0.1) is 12.5 Å². The molecule has 0 radical (unpaired) electrons. The van der Waals surface area contributed by atoms with E-state index >= 15 is 0 Å². The van der Waals surface area contributed by atoms with Gasteiger partial charge in [-0.2, -0.15) is 0 Å². The van der Waals surface area contributed by atoms with Crippen molar-refractivity contribution in [2.45, 2.75) is 70.6 Å². The van der Waals surface area contributed by atoms with E-state index in [2.05, 4.69) is 10.6 Å². The average molecular weight is 413 g/mol. The molecular weight excluding hydrogens is 382 g/mol. The maximum atomic E-state index is 12.7. The quantitative estimate of drug-likeness (QED) is 0.282. The van der Waals surface area contributed by atoms with E-state index in [4.69, 9.17) is 16.6 Å². The summed E-state index contributed by atoms with van der Waals surface area (Å²) in [7, 11) is 0. The number of hydrogen-bond acceptors (Lipinski definition) is 6. The highest BCUT2D eigenvalue weighted by atomic mass is 16.4. The van der Waals surface area contributed by atoms with Crippen LogP contribution in [-0.4, -0.2) is 70.3 Å². The number of carbonyl (C=O) groups is 5. The fraction of sp³-hybridized carbons (Fsp3) is 0.722. The number of carbonyl (C=O) groups excluding carboxylic acids is 4. The highest BCUT2D eigenvalue weighted by Gasteiger charge is 2.38. The summed E-state index contributed by atoms with van der Waals surface area (Å²) in [5.41, 5.74) is 11.2. The first-order valence-corrected chi connectivity index (χ1v) is 9.67. The zero-order valence-corrected chi connectivity index (χ0v) is 17.0. The Bertz CT molecular complexity index is 655. The molecule has 5 atom stereocenters. The standard InChI is InChI=1S/C18H31N5O6/c1-4-9(2)14(20)17(27)23-7-5-6-12(23)16(26)22-11(8-13(19)24)15(25)21-10(3)18(28)29/h9-12,14H,4-8,20H2,1-3H3,(H2,19,24)(H,21,25)(H,22,26)(H,28,29). The molecule has 1 aliphatic heterocycles. The molecule has 1 aliphatic rings. The van der Waals surface area contributed by atoms with Gasteiger partial charge in [-0.25, -0.2) is 0 Å². The Kier molecular flexibility index (Phi) is 9.02. The van der Waals surface area contributed by atoms with Crippen LogP contribution in [0.1, 0.15) is 46.5 Å². The molecule has 4 amide bonds. The van der Waals surface area contributed by atoms with Crippen molar-refractivity contribution < 1.29 is 29.1 Å². The van der Waals surface area contributed by atoms with Crippen LogP contribution in [0.4, 0.5) is 0 Å². The molecule has 0 saturated carbocycles. The summed E-state index contributed by atoms with van der Waals surface area (Å²) in [5.74, 6) is -3.97. The summed E-state index contributed by atoms with van der Waals surface area (Å²) < 4.78 is 0. The maximum absolute atomic E-state index is 12.7. The zero-order chi connectivity index (χ0) is 22.3. The molecule has 0 aliphatic carbocycles. The van der Waals surface area contributed by atoms with Crippen molar-refractivity contribution in [3.05, 3.63) is 0 Å². The van der Waals surface area contributed by atoms with E-state index < -0.39 is 54.3 Å². The van der Waals surface area contributed by atoms with E-state index in [0.29, 0.717) is 25.8 Å². The molecule has 11 heteroatoms. The van der Waals surface area contributed by atoms with Gasteiger partial charge in [-0.15, -0.1) is 0 Å². The van der Waals surface area contributed by atoms with Crippen molar-refractivity contribution in [2.75, 3.05) is 6.54 Å². The molecule has 1 fully saturated rings. The van der Waals surface area contributed by atoms with Crippen molar-refractivity contribution in [2.24, 2.45) is 17.4 Å². The van der Waals surface area contributed by atoms with E-state index in [9.17, 15) is 24.0 Å². The number of nitrogens with zero attached hydrogens (tertiary/aromatic N) is 1. The Labute approximate surface area is 169 Å². The normalized spacial score (nSPS) is 20.3. The van der Waals surface area contributed by atoms with Crippen molar-refractivity contribution >= 4 is 29.6 Å². The Hall–Kier alpha value is -2.69. The molecule has 1 heterocycles. The largest absolute Gasteiger partial charge is 0.480 e. The first-order chi connectivity index (χ1) is 13.5. The van der Waals surface area contributed by atoms with Crippen LogP contribution < -0.4 is 22.1 Å². The molecule has 0 aromatic carbocycles. The Morgan fingerprint density at radius 1 is 1.17 bits per heavy atom. The summed E-state index contributed by atoms with van der Waals surface area (Å²) in [6, 6.07) is -4.12. The minimum absolute atomic E-state index is 0.0577. The van der Waals surface area contributed by atoms with Gasteiger partial charge in [-0.1, -0.05) is 20.3 Å². The molecule has 1 saturated heterocycles. The molecule has 0 bridgehead atoms. The number of nitrogens with two attached hydrogens (primary N) is 2. The summed E-state index contributed by atoms with van der Waals surface area (Å²) in [4.78, 5) is 61.3. The number of hydrogen-bond donors (Lipinski definition) is 5. The van der Waals surface area contributed by atoms with E-state index in [1.54, 1.807) is 0 Å². The molecule has 5 unspecified atom stereocenters. The summed E-state index contributed by atoms with van der Waals surface area (Å²) in [6.07, 6.45) is 1.19. The molecule has 0 aromatic heterocycles. The molecular formula is C18H31N5O6. The first-order valence-electron chi connectivity index (χ1n) is 9.67. The average Bonchev–Trinajstić information content (AvgIpc) is 3.14. The van der Waals surface area contributed by atoms with E-state index in [-0.39, 0.29) is 11.8 Å². The lowest BCUT2D eigenvalue weighted by Gasteiger charge is -2.29. The van der Waals surface area contributed by atoms with Crippen molar-refractivity contribution in [3.63, 3.8) is 0 Å². The number of rotatable bonds is 10. The fourth-order valence-corrected chi connectivity index (χ4v) is 3.05. The van der Waals surface area contributed by atoms with Crippen LogP contribution in [0.3, 0.4) is 0 Å². The zero-order valence-electron chi connectivity index (χ0n) is 17.0. The molecule has 0 aromatic rings. The van der Waals surface area contributed by atoms with Crippen LogP contribution in [0, 0.1) is 5.92 Å². The lowest BCUT2D eigenvalue weighted by atomic mass is 9.98. The summed E-state index contributed by atoms with van der Waals surface area (Å²) in [5, 5.41) is 13.5. The lowest BCUT2D eigenvalue weighted by Crippen LogP contribution is -2.57. The number of nitrogens with one attached hydrogen (secondary N) is 2. The first kappa shape index (κ1) is 24.3. The fourth-order valence-electron chi connectivity index (χ4n) is 3.05. The monoisotopic (exact) mass is 413 g/mol. The smallest absolute Gasteiger partial charge is 0.325 e. The van der Waals surface area contributed by atoms with E-state index in [1.165, 1.54) is 11.8 Å². The molecule has 164 valence electrons. The van der Waals surface area contributed by atoms with Gasteiger partial charge < -0.3 is 32.1 Å². The van der Waals surface area contributed by atoms with Gasteiger partial charge in [0.25, 0.3) is 0 Å². The van der Waals surface area contributed by atoms with Crippen molar-refractivity contribution in [3.8, 4) is 0 Å². The van der Waals surface area contributed by atoms with Crippen LogP contribution in [-0.2, 0) is 24.0 Å². The highest BCUT2D eigenvalue weighted by molar-refractivity contribution is 5.96. The third-order valence-electron chi connectivity index (χ3n) is 5.15. The van der Waals surface area contributed by atoms with Gasteiger partial charge in [-0.3, -0.25) is 24.0 Å². The van der Waals surface area contributed by atoms with Gasteiger partial charge in [0, 0.05) is 6.54 Å². The van der Waals surface area contributed by atoms with E-state index in [0.717, 1.165) is 0 Å².